The minimum Gasteiger partial charge on any atom is -0.297 e. The maximum atomic E-state index is 4.72. The van der Waals surface area contributed by atoms with E-state index in [2.05, 4.69) is 99.9 Å². The highest BCUT2D eigenvalue weighted by Gasteiger charge is 2.32. The third-order valence-electron chi connectivity index (χ3n) is 6.60. The molecule has 2 aromatic heterocycles. The number of rotatable bonds is 7. The molecule has 1 atom stereocenters. The summed E-state index contributed by atoms with van der Waals surface area (Å²) < 4.78 is 1.90. The van der Waals surface area contributed by atoms with Crippen molar-refractivity contribution in [1.29, 1.82) is 0 Å². The standard InChI is InChI=1S/C28H31N7/c1-22-10-8-11-23(2)26(22)35-28(30-31-32-35)27(25-15-6-7-16-29-25)34-20-18-33(19-21-34)17-9-14-24-12-4-3-5-13-24/h3-16,27H,17-21H2,1-2H3. The van der Waals surface area contributed by atoms with Crippen molar-refractivity contribution >= 4 is 6.08 Å². The van der Waals surface area contributed by atoms with Crippen LogP contribution >= 0.6 is 0 Å². The number of benzene rings is 2. The van der Waals surface area contributed by atoms with Gasteiger partial charge < -0.3 is 0 Å². The summed E-state index contributed by atoms with van der Waals surface area (Å²) in [5.41, 5.74) is 5.53. The van der Waals surface area contributed by atoms with Crippen molar-refractivity contribution in [3.63, 3.8) is 0 Å². The summed E-state index contributed by atoms with van der Waals surface area (Å²) in [6, 6.07) is 22.7. The fourth-order valence-corrected chi connectivity index (χ4v) is 4.79. The molecule has 1 aliphatic heterocycles. The average Bonchev–Trinajstić information content (AvgIpc) is 3.35. The lowest BCUT2D eigenvalue weighted by Crippen LogP contribution is -2.48. The van der Waals surface area contributed by atoms with Crippen LogP contribution in [0.2, 0.25) is 0 Å². The third-order valence-corrected chi connectivity index (χ3v) is 6.60. The summed E-state index contributed by atoms with van der Waals surface area (Å²) in [5, 5.41) is 13.0. The Morgan fingerprint density at radius 1 is 0.857 bits per heavy atom. The van der Waals surface area contributed by atoms with Gasteiger partial charge in [-0.05, 0) is 53.1 Å². The van der Waals surface area contributed by atoms with Crippen LogP contribution in [-0.4, -0.2) is 67.7 Å². The second-order valence-electron chi connectivity index (χ2n) is 9.00. The normalized spacial score (nSPS) is 16.1. The van der Waals surface area contributed by atoms with Gasteiger partial charge in [0.2, 0.25) is 0 Å². The Balaban J connectivity index is 1.37. The lowest BCUT2D eigenvalue weighted by atomic mass is 10.1. The van der Waals surface area contributed by atoms with Crippen LogP contribution in [0.15, 0.2) is 79.0 Å². The highest BCUT2D eigenvalue weighted by molar-refractivity contribution is 5.49. The van der Waals surface area contributed by atoms with E-state index in [1.165, 1.54) is 5.56 Å². The molecular weight excluding hydrogens is 434 g/mol. The van der Waals surface area contributed by atoms with Gasteiger partial charge in [-0.15, -0.1) is 5.10 Å². The monoisotopic (exact) mass is 465 g/mol. The summed E-state index contributed by atoms with van der Waals surface area (Å²) in [6.45, 7) is 8.94. The van der Waals surface area contributed by atoms with Gasteiger partial charge in [-0.1, -0.05) is 66.7 Å². The van der Waals surface area contributed by atoms with Crippen LogP contribution in [0, 0.1) is 13.8 Å². The number of aryl methyl sites for hydroxylation is 2. The lowest BCUT2D eigenvalue weighted by Gasteiger charge is -2.38. The molecule has 1 fully saturated rings. The Morgan fingerprint density at radius 3 is 2.31 bits per heavy atom. The van der Waals surface area contributed by atoms with E-state index in [9.17, 15) is 0 Å². The second kappa shape index (κ2) is 10.7. The van der Waals surface area contributed by atoms with Crippen LogP contribution < -0.4 is 0 Å². The van der Waals surface area contributed by atoms with Crippen LogP contribution in [0.5, 0.6) is 0 Å². The van der Waals surface area contributed by atoms with E-state index in [-0.39, 0.29) is 6.04 Å². The molecule has 0 bridgehead atoms. The molecule has 7 nitrogen and oxygen atoms in total. The van der Waals surface area contributed by atoms with Crippen molar-refractivity contribution in [2.24, 2.45) is 0 Å². The minimum absolute atomic E-state index is 0.118. The SMILES string of the molecule is Cc1cccc(C)c1-n1nnnc1C(c1ccccn1)N1CCN(CC=Cc2ccccc2)CC1. The summed E-state index contributed by atoms with van der Waals surface area (Å²) in [4.78, 5) is 9.66. The molecule has 0 amide bonds. The van der Waals surface area contributed by atoms with E-state index in [0.29, 0.717) is 0 Å². The molecule has 1 saturated heterocycles. The van der Waals surface area contributed by atoms with Crippen molar-refractivity contribution in [3.05, 3.63) is 107 Å². The van der Waals surface area contributed by atoms with Gasteiger partial charge in [-0.25, -0.2) is 0 Å². The molecule has 178 valence electrons. The number of hydrogen-bond acceptors (Lipinski definition) is 6. The number of para-hydroxylation sites is 1. The largest absolute Gasteiger partial charge is 0.297 e. The smallest absolute Gasteiger partial charge is 0.179 e. The highest BCUT2D eigenvalue weighted by atomic mass is 15.6. The second-order valence-corrected chi connectivity index (χ2v) is 9.00. The Hall–Kier alpha value is -3.68. The average molecular weight is 466 g/mol. The molecule has 0 saturated carbocycles. The third kappa shape index (κ3) is 5.21. The van der Waals surface area contributed by atoms with Crippen LogP contribution in [-0.2, 0) is 0 Å². The predicted molar refractivity (Wildman–Crippen MR) is 138 cm³/mol. The zero-order valence-electron chi connectivity index (χ0n) is 20.3. The summed E-state index contributed by atoms with van der Waals surface area (Å²) >= 11 is 0. The molecule has 35 heavy (non-hydrogen) atoms. The minimum atomic E-state index is -0.118. The Morgan fingerprint density at radius 2 is 1.60 bits per heavy atom. The van der Waals surface area contributed by atoms with Crippen molar-refractivity contribution in [1.82, 2.24) is 35.0 Å². The molecule has 1 aliphatic rings. The fraction of sp³-hybridized carbons (Fsp3) is 0.286. The van der Waals surface area contributed by atoms with E-state index in [1.807, 2.05) is 29.1 Å². The van der Waals surface area contributed by atoms with E-state index < -0.39 is 0 Å². The fourth-order valence-electron chi connectivity index (χ4n) is 4.79. The number of piperazine rings is 1. The number of nitrogens with zero attached hydrogens (tertiary/aromatic N) is 7. The quantitative estimate of drug-likeness (QED) is 0.410. The summed E-state index contributed by atoms with van der Waals surface area (Å²) in [5.74, 6) is 0.804. The van der Waals surface area contributed by atoms with Gasteiger partial charge in [0.15, 0.2) is 5.82 Å². The van der Waals surface area contributed by atoms with Gasteiger partial charge in [0.1, 0.15) is 6.04 Å². The Bertz CT molecular complexity index is 1240. The van der Waals surface area contributed by atoms with Gasteiger partial charge in [-0.3, -0.25) is 14.8 Å². The Labute approximate surface area is 206 Å². The molecule has 0 N–H and O–H groups in total. The van der Waals surface area contributed by atoms with Gasteiger partial charge >= 0.3 is 0 Å². The van der Waals surface area contributed by atoms with Crippen molar-refractivity contribution in [2.75, 3.05) is 32.7 Å². The van der Waals surface area contributed by atoms with Crippen LogP contribution in [0.25, 0.3) is 11.8 Å². The van der Waals surface area contributed by atoms with Gasteiger partial charge in [0.25, 0.3) is 0 Å². The molecule has 3 heterocycles. The molecule has 5 rings (SSSR count). The number of tetrazole rings is 1. The first-order valence-electron chi connectivity index (χ1n) is 12.1. The zero-order valence-corrected chi connectivity index (χ0v) is 20.3. The Kier molecular flexibility index (Phi) is 7.07. The first-order chi connectivity index (χ1) is 17.2. The molecule has 0 spiro atoms. The first kappa shape index (κ1) is 23.1. The molecule has 1 unspecified atom stereocenters. The van der Waals surface area contributed by atoms with Crippen LogP contribution in [0.3, 0.4) is 0 Å². The van der Waals surface area contributed by atoms with Crippen molar-refractivity contribution in [2.45, 2.75) is 19.9 Å². The zero-order chi connectivity index (χ0) is 24.0. The molecule has 2 aromatic carbocycles. The van der Waals surface area contributed by atoms with E-state index in [0.717, 1.165) is 61.1 Å². The van der Waals surface area contributed by atoms with Gasteiger partial charge in [-0.2, -0.15) is 4.68 Å². The molecule has 7 heteroatoms. The van der Waals surface area contributed by atoms with Crippen molar-refractivity contribution in [3.8, 4) is 5.69 Å². The molecule has 4 aromatic rings. The van der Waals surface area contributed by atoms with E-state index in [4.69, 9.17) is 4.98 Å². The molecule has 0 radical (unpaired) electrons. The van der Waals surface area contributed by atoms with Crippen LogP contribution in [0.1, 0.15) is 34.3 Å². The molecular formula is C28H31N7. The van der Waals surface area contributed by atoms with Gasteiger partial charge in [0.05, 0.1) is 11.4 Å². The number of hydrogen-bond donors (Lipinski definition) is 0. The maximum absolute atomic E-state index is 4.72. The number of aromatic nitrogens is 5. The summed E-state index contributed by atoms with van der Waals surface area (Å²) in [6.07, 6.45) is 6.30. The predicted octanol–water partition coefficient (Wildman–Crippen LogP) is 4.09. The van der Waals surface area contributed by atoms with E-state index >= 15 is 0 Å². The maximum Gasteiger partial charge on any atom is 0.179 e. The lowest BCUT2D eigenvalue weighted by molar-refractivity contribution is 0.112. The highest BCUT2D eigenvalue weighted by Crippen LogP contribution is 2.29. The van der Waals surface area contributed by atoms with E-state index in [1.54, 1.807) is 0 Å². The summed E-state index contributed by atoms with van der Waals surface area (Å²) in [7, 11) is 0. The topological polar surface area (TPSA) is 63.0 Å². The molecule has 0 aliphatic carbocycles. The first-order valence-corrected chi connectivity index (χ1v) is 12.1. The van der Waals surface area contributed by atoms with Gasteiger partial charge in [0, 0.05) is 38.9 Å². The van der Waals surface area contributed by atoms with Crippen LogP contribution in [0.4, 0.5) is 0 Å². The number of pyridine rings is 1. The van der Waals surface area contributed by atoms with Crippen molar-refractivity contribution < 1.29 is 0 Å².